The maximum Gasteiger partial charge on any atom is 0.123 e. The number of aryl methyl sites for hydroxylation is 1. The molecule has 100 valence electrons. The average Bonchev–Trinajstić information content (AvgIpc) is 2.31. The molecule has 2 unspecified atom stereocenters. The Labute approximate surface area is 108 Å². The average molecular weight is 251 g/mol. The second-order valence-corrected chi connectivity index (χ2v) is 5.22. The standard InChI is InChI=1S/C15H22FNO/c1-11-10-12(16)8-9-14(11)18-15-7-5-3-2-4-6-13(15)17/h8-10,13,15H,2-7,17H2,1H3. The van der Waals surface area contributed by atoms with Crippen molar-refractivity contribution < 1.29 is 9.13 Å². The van der Waals surface area contributed by atoms with Crippen molar-refractivity contribution in [3.63, 3.8) is 0 Å². The van der Waals surface area contributed by atoms with Gasteiger partial charge in [-0.25, -0.2) is 4.39 Å². The molecule has 2 N–H and O–H groups in total. The Morgan fingerprint density at radius 1 is 1.17 bits per heavy atom. The lowest BCUT2D eigenvalue weighted by atomic mass is 9.94. The summed E-state index contributed by atoms with van der Waals surface area (Å²) in [6.07, 6.45) is 6.96. The van der Waals surface area contributed by atoms with Crippen LogP contribution in [0.25, 0.3) is 0 Å². The van der Waals surface area contributed by atoms with Crippen LogP contribution in [0.5, 0.6) is 5.75 Å². The van der Waals surface area contributed by atoms with Gasteiger partial charge in [-0.1, -0.05) is 19.3 Å². The van der Waals surface area contributed by atoms with Crippen LogP contribution in [0.3, 0.4) is 0 Å². The number of hydrogen-bond donors (Lipinski definition) is 1. The number of hydrogen-bond acceptors (Lipinski definition) is 2. The van der Waals surface area contributed by atoms with Crippen LogP contribution in [0, 0.1) is 12.7 Å². The van der Waals surface area contributed by atoms with Gasteiger partial charge >= 0.3 is 0 Å². The highest BCUT2D eigenvalue weighted by Gasteiger charge is 2.21. The molecule has 1 aromatic rings. The van der Waals surface area contributed by atoms with Crippen LogP contribution >= 0.6 is 0 Å². The topological polar surface area (TPSA) is 35.2 Å². The third-order valence-corrected chi connectivity index (χ3v) is 3.67. The normalized spacial score (nSPS) is 25.3. The molecule has 2 atom stereocenters. The first-order chi connectivity index (χ1) is 8.66. The van der Waals surface area contributed by atoms with E-state index < -0.39 is 0 Å². The fourth-order valence-electron chi connectivity index (χ4n) is 2.53. The van der Waals surface area contributed by atoms with E-state index in [-0.39, 0.29) is 18.0 Å². The highest BCUT2D eigenvalue weighted by Crippen LogP contribution is 2.25. The van der Waals surface area contributed by atoms with E-state index in [1.165, 1.54) is 37.8 Å². The summed E-state index contributed by atoms with van der Waals surface area (Å²) in [7, 11) is 0. The molecule has 1 aliphatic carbocycles. The highest BCUT2D eigenvalue weighted by atomic mass is 19.1. The zero-order chi connectivity index (χ0) is 13.0. The third kappa shape index (κ3) is 3.45. The molecule has 0 heterocycles. The Morgan fingerprint density at radius 3 is 2.61 bits per heavy atom. The number of benzene rings is 1. The van der Waals surface area contributed by atoms with Crippen LogP contribution in [0.2, 0.25) is 0 Å². The van der Waals surface area contributed by atoms with Crippen molar-refractivity contribution in [2.75, 3.05) is 0 Å². The minimum Gasteiger partial charge on any atom is -0.489 e. The van der Waals surface area contributed by atoms with E-state index in [4.69, 9.17) is 10.5 Å². The van der Waals surface area contributed by atoms with Crippen molar-refractivity contribution in [1.29, 1.82) is 0 Å². The fourth-order valence-corrected chi connectivity index (χ4v) is 2.53. The number of rotatable bonds is 2. The van der Waals surface area contributed by atoms with Crippen molar-refractivity contribution in [3.05, 3.63) is 29.6 Å². The zero-order valence-electron chi connectivity index (χ0n) is 11.0. The first-order valence-electron chi connectivity index (χ1n) is 6.85. The van der Waals surface area contributed by atoms with Gasteiger partial charge in [-0.2, -0.15) is 0 Å². The summed E-state index contributed by atoms with van der Waals surface area (Å²) in [4.78, 5) is 0. The Kier molecular flexibility index (Phi) is 4.59. The molecule has 0 radical (unpaired) electrons. The van der Waals surface area contributed by atoms with E-state index in [0.717, 1.165) is 24.2 Å². The predicted molar refractivity (Wildman–Crippen MR) is 71.2 cm³/mol. The molecular weight excluding hydrogens is 229 g/mol. The fraction of sp³-hybridized carbons (Fsp3) is 0.600. The predicted octanol–water partition coefficient (Wildman–Crippen LogP) is 3.56. The van der Waals surface area contributed by atoms with Crippen LogP contribution in [0.4, 0.5) is 4.39 Å². The summed E-state index contributed by atoms with van der Waals surface area (Å²) in [6.45, 7) is 1.87. The van der Waals surface area contributed by atoms with Gasteiger partial charge in [0.25, 0.3) is 0 Å². The minimum atomic E-state index is -0.221. The molecule has 18 heavy (non-hydrogen) atoms. The molecular formula is C15H22FNO. The Bertz CT molecular complexity index is 394. The van der Waals surface area contributed by atoms with Crippen molar-refractivity contribution in [3.8, 4) is 5.75 Å². The van der Waals surface area contributed by atoms with Crippen molar-refractivity contribution in [1.82, 2.24) is 0 Å². The van der Waals surface area contributed by atoms with Gasteiger partial charge in [0.15, 0.2) is 0 Å². The lowest BCUT2D eigenvalue weighted by molar-refractivity contribution is 0.144. The summed E-state index contributed by atoms with van der Waals surface area (Å²) in [5, 5.41) is 0. The molecule has 2 rings (SSSR count). The SMILES string of the molecule is Cc1cc(F)ccc1OC1CCCCCCC1N. The largest absolute Gasteiger partial charge is 0.489 e. The molecule has 1 aromatic carbocycles. The quantitative estimate of drug-likeness (QED) is 0.872. The highest BCUT2D eigenvalue weighted by molar-refractivity contribution is 5.32. The molecule has 1 fully saturated rings. The van der Waals surface area contributed by atoms with Crippen LogP contribution in [0.15, 0.2) is 18.2 Å². The number of halogens is 1. The van der Waals surface area contributed by atoms with Gasteiger partial charge < -0.3 is 10.5 Å². The Hall–Kier alpha value is -1.09. The van der Waals surface area contributed by atoms with E-state index in [0.29, 0.717) is 0 Å². The maximum absolute atomic E-state index is 13.0. The summed E-state index contributed by atoms with van der Waals surface area (Å²) < 4.78 is 19.0. The maximum atomic E-state index is 13.0. The van der Waals surface area contributed by atoms with Gasteiger partial charge in [0.1, 0.15) is 17.7 Å². The lowest BCUT2D eigenvalue weighted by Gasteiger charge is -2.27. The third-order valence-electron chi connectivity index (χ3n) is 3.67. The minimum absolute atomic E-state index is 0.0643. The number of nitrogens with two attached hydrogens (primary N) is 1. The van der Waals surface area contributed by atoms with E-state index >= 15 is 0 Å². The second kappa shape index (κ2) is 6.19. The van der Waals surface area contributed by atoms with Crippen LogP contribution < -0.4 is 10.5 Å². The molecule has 0 aromatic heterocycles. The van der Waals surface area contributed by atoms with Crippen LogP contribution in [-0.4, -0.2) is 12.1 Å². The second-order valence-electron chi connectivity index (χ2n) is 5.22. The summed E-state index contributed by atoms with van der Waals surface area (Å²) in [5.41, 5.74) is 7.01. The van der Waals surface area contributed by atoms with Gasteiger partial charge in [-0.15, -0.1) is 0 Å². The van der Waals surface area contributed by atoms with E-state index in [1.807, 2.05) is 6.92 Å². The van der Waals surface area contributed by atoms with Gasteiger partial charge in [0.05, 0.1) is 0 Å². The monoisotopic (exact) mass is 251 g/mol. The van der Waals surface area contributed by atoms with E-state index in [1.54, 1.807) is 6.07 Å². The van der Waals surface area contributed by atoms with Gasteiger partial charge in [-0.05, 0) is 49.9 Å². The van der Waals surface area contributed by atoms with Crippen molar-refractivity contribution >= 4 is 0 Å². The first-order valence-corrected chi connectivity index (χ1v) is 6.85. The van der Waals surface area contributed by atoms with Gasteiger partial charge in [0, 0.05) is 6.04 Å². The lowest BCUT2D eigenvalue weighted by Crippen LogP contribution is -2.39. The molecule has 3 heteroatoms. The van der Waals surface area contributed by atoms with Gasteiger partial charge in [-0.3, -0.25) is 0 Å². The summed E-state index contributed by atoms with van der Waals surface area (Å²) >= 11 is 0. The molecule has 0 amide bonds. The van der Waals surface area contributed by atoms with Gasteiger partial charge in [0.2, 0.25) is 0 Å². The van der Waals surface area contributed by atoms with E-state index in [2.05, 4.69) is 0 Å². The molecule has 2 nitrogen and oxygen atoms in total. The molecule has 0 bridgehead atoms. The molecule has 0 saturated heterocycles. The molecule has 1 aliphatic rings. The Balaban J connectivity index is 2.05. The van der Waals surface area contributed by atoms with Crippen LogP contribution in [-0.2, 0) is 0 Å². The van der Waals surface area contributed by atoms with Crippen LogP contribution in [0.1, 0.15) is 44.1 Å². The molecule has 0 spiro atoms. The first kappa shape index (κ1) is 13.3. The summed E-state index contributed by atoms with van der Waals surface area (Å²) in [5.74, 6) is 0.541. The van der Waals surface area contributed by atoms with Crippen molar-refractivity contribution in [2.24, 2.45) is 5.73 Å². The molecule has 0 aliphatic heterocycles. The Morgan fingerprint density at radius 2 is 1.89 bits per heavy atom. The number of ether oxygens (including phenoxy) is 1. The van der Waals surface area contributed by atoms with E-state index in [9.17, 15) is 4.39 Å². The summed E-state index contributed by atoms with van der Waals surface area (Å²) in [6, 6.07) is 4.74. The zero-order valence-corrected chi connectivity index (χ0v) is 11.0. The molecule has 1 saturated carbocycles. The van der Waals surface area contributed by atoms with Crippen molar-refractivity contribution in [2.45, 2.75) is 57.6 Å². The smallest absolute Gasteiger partial charge is 0.123 e.